The van der Waals surface area contributed by atoms with E-state index in [4.69, 9.17) is 14.7 Å². The van der Waals surface area contributed by atoms with E-state index in [1.165, 1.54) is 26.5 Å². The molecule has 0 atom stereocenters. The van der Waals surface area contributed by atoms with Crippen molar-refractivity contribution in [1.82, 2.24) is 4.98 Å². The lowest BCUT2D eigenvalue weighted by Gasteiger charge is -2.05. The summed E-state index contributed by atoms with van der Waals surface area (Å²) < 4.78 is 9.90. The van der Waals surface area contributed by atoms with Crippen LogP contribution in [0.25, 0.3) is 0 Å². The molecule has 62 valence electrons. The van der Waals surface area contributed by atoms with E-state index in [1.807, 2.05) is 6.07 Å². The Morgan fingerprint density at radius 1 is 1.33 bits per heavy atom. The lowest BCUT2D eigenvalue weighted by atomic mass is 10.3. The standard InChI is InChI=1S/C8H8N2O2/c1-11-7-3-6(4-9)10-5-8(7)12-2/h3,5H,1-2H3. The Hall–Kier alpha value is -1.76. The molecule has 0 N–H and O–H groups in total. The van der Waals surface area contributed by atoms with E-state index in [2.05, 4.69) is 4.98 Å². The van der Waals surface area contributed by atoms with Crippen LogP contribution in [0.2, 0.25) is 0 Å². The van der Waals surface area contributed by atoms with Crippen molar-refractivity contribution in [2.75, 3.05) is 14.2 Å². The van der Waals surface area contributed by atoms with Crippen molar-refractivity contribution in [1.29, 1.82) is 5.26 Å². The molecule has 1 aromatic heterocycles. The number of methoxy groups -OCH3 is 2. The van der Waals surface area contributed by atoms with Gasteiger partial charge in [0.1, 0.15) is 11.8 Å². The second kappa shape index (κ2) is 3.58. The van der Waals surface area contributed by atoms with Crippen LogP contribution >= 0.6 is 0 Å². The summed E-state index contributed by atoms with van der Waals surface area (Å²) in [5.41, 5.74) is 0.313. The second-order valence-corrected chi connectivity index (χ2v) is 2.04. The van der Waals surface area contributed by atoms with Crippen LogP contribution in [0.5, 0.6) is 11.5 Å². The average molecular weight is 164 g/mol. The molecule has 0 radical (unpaired) electrons. The first-order valence-electron chi connectivity index (χ1n) is 3.30. The van der Waals surface area contributed by atoms with Gasteiger partial charge >= 0.3 is 0 Å². The molecule has 0 amide bonds. The van der Waals surface area contributed by atoms with Gasteiger partial charge in [-0.25, -0.2) is 4.98 Å². The quantitative estimate of drug-likeness (QED) is 0.653. The molecule has 1 heterocycles. The summed E-state index contributed by atoms with van der Waals surface area (Å²) in [7, 11) is 3.03. The zero-order chi connectivity index (χ0) is 8.97. The maximum absolute atomic E-state index is 8.51. The van der Waals surface area contributed by atoms with Crippen molar-refractivity contribution in [3.05, 3.63) is 18.0 Å². The van der Waals surface area contributed by atoms with Crippen LogP contribution in [0.4, 0.5) is 0 Å². The third kappa shape index (κ3) is 1.45. The summed E-state index contributed by atoms with van der Waals surface area (Å²) in [4.78, 5) is 3.81. The summed E-state index contributed by atoms with van der Waals surface area (Å²) in [5, 5.41) is 8.51. The Labute approximate surface area is 70.4 Å². The van der Waals surface area contributed by atoms with Crippen LogP contribution < -0.4 is 9.47 Å². The Bertz CT molecular complexity index is 317. The minimum atomic E-state index is 0.313. The highest BCUT2D eigenvalue weighted by Crippen LogP contribution is 2.25. The third-order valence-electron chi connectivity index (χ3n) is 1.39. The van der Waals surface area contributed by atoms with Crippen LogP contribution in [0.1, 0.15) is 5.69 Å². The van der Waals surface area contributed by atoms with Crippen molar-refractivity contribution < 1.29 is 9.47 Å². The molecule has 0 fully saturated rings. The third-order valence-corrected chi connectivity index (χ3v) is 1.39. The molecule has 0 aromatic carbocycles. The van der Waals surface area contributed by atoms with Gasteiger partial charge in [-0.1, -0.05) is 0 Å². The number of hydrogen-bond donors (Lipinski definition) is 0. The fraction of sp³-hybridized carbons (Fsp3) is 0.250. The van der Waals surface area contributed by atoms with Gasteiger partial charge in [0.2, 0.25) is 0 Å². The van der Waals surface area contributed by atoms with Crippen LogP contribution in [-0.4, -0.2) is 19.2 Å². The minimum absolute atomic E-state index is 0.313. The monoisotopic (exact) mass is 164 g/mol. The molecule has 0 aliphatic heterocycles. The van der Waals surface area contributed by atoms with Gasteiger partial charge in [0.25, 0.3) is 0 Å². The van der Waals surface area contributed by atoms with E-state index in [0.717, 1.165) is 0 Å². The molecule has 0 aliphatic rings. The largest absolute Gasteiger partial charge is 0.493 e. The Morgan fingerprint density at radius 2 is 2.00 bits per heavy atom. The van der Waals surface area contributed by atoms with E-state index < -0.39 is 0 Å². The van der Waals surface area contributed by atoms with E-state index >= 15 is 0 Å². The van der Waals surface area contributed by atoms with Crippen LogP contribution in [0.15, 0.2) is 12.3 Å². The molecule has 0 aliphatic carbocycles. The number of hydrogen-bond acceptors (Lipinski definition) is 4. The lowest BCUT2D eigenvalue weighted by molar-refractivity contribution is 0.353. The van der Waals surface area contributed by atoms with Gasteiger partial charge in [-0.2, -0.15) is 5.26 Å². The van der Waals surface area contributed by atoms with Crippen LogP contribution in [0, 0.1) is 11.3 Å². The van der Waals surface area contributed by atoms with E-state index in [9.17, 15) is 0 Å². The molecule has 0 unspecified atom stereocenters. The molecular formula is C8H8N2O2. The molecular weight excluding hydrogens is 156 g/mol. The number of nitriles is 1. The predicted molar refractivity (Wildman–Crippen MR) is 42.1 cm³/mol. The molecule has 4 nitrogen and oxygen atoms in total. The first kappa shape index (κ1) is 8.34. The smallest absolute Gasteiger partial charge is 0.179 e. The summed E-state index contributed by atoms with van der Waals surface area (Å²) in [5.74, 6) is 1.04. The normalized spacial score (nSPS) is 8.75. The van der Waals surface area contributed by atoms with Crippen LogP contribution in [-0.2, 0) is 0 Å². The summed E-state index contributed by atoms with van der Waals surface area (Å²) in [6.45, 7) is 0. The zero-order valence-corrected chi connectivity index (χ0v) is 6.87. The van der Waals surface area contributed by atoms with Crippen molar-refractivity contribution in [3.63, 3.8) is 0 Å². The number of pyridine rings is 1. The first-order valence-corrected chi connectivity index (χ1v) is 3.30. The van der Waals surface area contributed by atoms with Crippen molar-refractivity contribution in [3.8, 4) is 17.6 Å². The molecule has 1 rings (SSSR count). The number of ether oxygens (including phenoxy) is 2. The molecule has 0 saturated carbocycles. The number of rotatable bonds is 2. The SMILES string of the molecule is COc1cnc(C#N)cc1OC. The topological polar surface area (TPSA) is 55.1 Å². The molecule has 4 heteroatoms. The molecule has 0 saturated heterocycles. The van der Waals surface area contributed by atoms with E-state index in [0.29, 0.717) is 17.2 Å². The number of nitrogens with zero attached hydrogens (tertiary/aromatic N) is 2. The van der Waals surface area contributed by atoms with Crippen molar-refractivity contribution >= 4 is 0 Å². The highest BCUT2D eigenvalue weighted by atomic mass is 16.5. The van der Waals surface area contributed by atoms with Gasteiger partial charge in [-0.15, -0.1) is 0 Å². The summed E-state index contributed by atoms with van der Waals surface area (Å²) in [6, 6.07) is 3.43. The Morgan fingerprint density at radius 3 is 2.50 bits per heavy atom. The molecule has 12 heavy (non-hydrogen) atoms. The first-order chi connectivity index (χ1) is 5.81. The predicted octanol–water partition coefficient (Wildman–Crippen LogP) is 0.970. The summed E-state index contributed by atoms with van der Waals surface area (Å²) >= 11 is 0. The lowest BCUT2D eigenvalue weighted by Crippen LogP contribution is -1.92. The van der Waals surface area contributed by atoms with Gasteiger partial charge in [-0.3, -0.25) is 0 Å². The van der Waals surface area contributed by atoms with Crippen molar-refractivity contribution in [2.24, 2.45) is 0 Å². The highest BCUT2D eigenvalue weighted by molar-refractivity contribution is 5.41. The minimum Gasteiger partial charge on any atom is -0.493 e. The number of aromatic nitrogens is 1. The van der Waals surface area contributed by atoms with E-state index in [-0.39, 0.29) is 0 Å². The maximum atomic E-state index is 8.51. The average Bonchev–Trinajstić information content (AvgIpc) is 2.16. The molecule has 1 aromatic rings. The maximum Gasteiger partial charge on any atom is 0.179 e. The zero-order valence-electron chi connectivity index (χ0n) is 6.87. The van der Waals surface area contributed by atoms with Gasteiger partial charge in [-0.05, 0) is 0 Å². The fourth-order valence-electron chi connectivity index (χ4n) is 0.798. The van der Waals surface area contributed by atoms with Gasteiger partial charge in [0, 0.05) is 6.07 Å². The van der Waals surface area contributed by atoms with Gasteiger partial charge in [0.05, 0.1) is 20.4 Å². The second-order valence-electron chi connectivity index (χ2n) is 2.04. The fourth-order valence-corrected chi connectivity index (χ4v) is 0.798. The van der Waals surface area contributed by atoms with Crippen molar-refractivity contribution in [2.45, 2.75) is 0 Å². The highest BCUT2D eigenvalue weighted by Gasteiger charge is 2.04. The van der Waals surface area contributed by atoms with E-state index in [1.54, 1.807) is 0 Å². The van der Waals surface area contributed by atoms with Crippen LogP contribution in [0.3, 0.4) is 0 Å². The summed E-state index contributed by atoms with van der Waals surface area (Å²) in [6.07, 6.45) is 1.46. The Kier molecular flexibility index (Phi) is 2.49. The molecule has 0 bridgehead atoms. The van der Waals surface area contributed by atoms with Gasteiger partial charge in [0.15, 0.2) is 11.5 Å². The van der Waals surface area contributed by atoms with Gasteiger partial charge < -0.3 is 9.47 Å². The molecule has 0 spiro atoms. The Balaban J connectivity index is 3.13.